The first-order chi connectivity index (χ1) is 9.08. The van der Waals surface area contributed by atoms with Gasteiger partial charge in [-0.15, -0.1) is 0 Å². The maximum Gasteiger partial charge on any atom is 0.339 e. The zero-order valence-electron chi connectivity index (χ0n) is 9.70. The van der Waals surface area contributed by atoms with E-state index in [4.69, 9.17) is 27.9 Å². The molecule has 2 aromatic carbocycles. The number of benzene rings is 2. The van der Waals surface area contributed by atoms with Crippen LogP contribution in [-0.4, -0.2) is 5.97 Å². The monoisotopic (exact) mass is 358 g/mol. The molecule has 0 radical (unpaired) electrons. The van der Waals surface area contributed by atoms with Crippen molar-refractivity contribution in [2.45, 2.75) is 6.61 Å². The third kappa shape index (κ3) is 3.72. The molecule has 2 rings (SSSR count). The molecule has 0 fully saturated rings. The Kier molecular flexibility index (Phi) is 4.86. The van der Waals surface area contributed by atoms with Gasteiger partial charge in [0.1, 0.15) is 6.61 Å². The van der Waals surface area contributed by atoms with Crippen molar-refractivity contribution < 1.29 is 9.53 Å². The third-order valence-electron chi connectivity index (χ3n) is 2.47. The fourth-order valence-electron chi connectivity index (χ4n) is 1.49. The average molecular weight is 360 g/mol. The predicted molar refractivity (Wildman–Crippen MR) is 79.7 cm³/mol. The number of esters is 1. The van der Waals surface area contributed by atoms with E-state index in [1.165, 1.54) is 0 Å². The first-order valence-electron chi connectivity index (χ1n) is 5.43. The second-order valence-electron chi connectivity index (χ2n) is 3.79. The van der Waals surface area contributed by atoms with E-state index in [1.807, 2.05) is 6.07 Å². The molecule has 0 aliphatic heterocycles. The molecule has 98 valence electrons. The van der Waals surface area contributed by atoms with Gasteiger partial charge in [-0.2, -0.15) is 0 Å². The summed E-state index contributed by atoms with van der Waals surface area (Å²) in [5.74, 6) is -0.404. The standard InChI is InChI=1S/C14H9BrCl2O2/c15-12-4-2-1-3-11(12)14(18)19-8-9-5-6-10(16)7-13(9)17/h1-7H,8H2. The Bertz CT molecular complexity index is 614. The zero-order valence-corrected chi connectivity index (χ0v) is 12.8. The number of carbonyl (C=O) groups is 1. The quantitative estimate of drug-likeness (QED) is 0.711. The van der Waals surface area contributed by atoms with E-state index >= 15 is 0 Å². The van der Waals surface area contributed by atoms with E-state index in [9.17, 15) is 4.79 Å². The van der Waals surface area contributed by atoms with Gasteiger partial charge in [-0.05, 0) is 40.2 Å². The Hall–Kier alpha value is -1.03. The van der Waals surface area contributed by atoms with Gasteiger partial charge in [-0.1, -0.05) is 41.4 Å². The first-order valence-corrected chi connectivity index (χ1v) is 6.98. The van der Waals surface area contributed by atoms with E-state index in [0.717, 1.165) is 0 Å². The molecule has 0 aliphatic rings. The molecule has 0 atom stereocenters. The molecule has 2 aromatic rings. The van der Waals surface area contributed by atoms with Crippen molar-refractivity contribution >= 4 is 45.1 Å². The van der Waals surface area contributed by atoms with E-state index in [0.29, 0.717) is 25.6 Å². The minimum Gasteiger partial charge on any atom is -0.457 e. The number of hydrogen-bond donors (Lipinski definition) is 0. The summed E-state index contributed by atoms with van der Waals surface area (Å²) in [5, 5.41) is 1.03. The van der Waals surface area contributed by atoms with Crippen molar-refractivity contribution in [1.82, 2.24) is 0 Å². The van der Waals surface area contributed by atoms with E-state index in [2.05, 4.69) is 15.9 Å². The molecule has 0 heterocycles. The minimum atomic E-state index is -0.404. The van der Waals surface area contributed by atoms with Gasteiger partial charge < -0.3 is 4.74 Å². The molecular weight excluding hydrogens is 351 g/mol. The molecule has 0 spiro atoms. The summed E-state index contributed by atoms with van der Waals surface area (Å²) >= 11 is 15.1. The summed E-state index contributed by atoms with van der Waals surface area (Å²) in [6.07, 6.45) is 0. The molecule has 0 bridgehead atoms. The summed E-state index contributed by atoms with van der Waals surface area (Å²) in [7, 11) is 0. The zero-order chi connectivity index (χ0) is 13.8. The van der Waals surface area contributed by atoms with Crippen LogP contribution in [0.15, 0.2) is 46.9 Å². The van der Waals surface area contributed by atoms with Crippen LogP contribution in [0.2, 0.25) is 10.0 Å². The van der Waals surface area contributed by atoms with Crippen LogP contribution >= 0.6 is 39.1 Å². The van der Waals surface area contributed by atoms with Crippen LogP contribution in [0.3, 0.4) is 0 Å². The molecular formula is C14H9BrCl2O2. The van der Waals surface area contributed by atoms with Crippen LogP contribution in [0.25, 0.3) is 0 Å². The van der Waals surface area contributed by atoms with Crippen LogP contribution in [0.1, 0.15) is 15.9 Å². The lowest BCUT2D eigenvalue weighted by Crippen LogP contribution is -2.06. The molecule has 0 N–H and O–H groups in total. The summed E-state index contributed by atoms with van der Waals surface area (Å²) in [5.41, 5.74) is 1.19. The highest BCUT2D eigenvalue weighted by Crippen LogP contribution is 2.23. The number of hydrogen-bond acceptors (Lipinski definition) is 2. The van der Waals surface area contributed by atoms with Crippen molar-refractivity contribution in [3.8, 4) is 0 Å². The Morgan fingerprint density at radius 3 is 2.58 bits per heavy atom. The Morgan fingerprint density at radius 2 is 1.89 bits per heavy atom. The smallest absolute Gasteiger partial charge is 0.339 e. The van der Waals surface area contributed by atoms with Gasteiger partial charge in [0.05, 0.1) is 5.56 Å². The van der Waals surface area contributed by atoms with E-state index in [1.54, 1.807) is 36.4 Å². The van der Waals surface area contributed by atoms with Crippen molar-refractivity contribution in [2.24, 2.45) is 0 Å². The summed E-state index contributed by atoms with van der Waals surface area (Å²) in [4.78, 5) is 11.9. The molecule has 0 saturated carbocycles. The molecule has 19 heavy (non-hydrogen) atoms. The topological polar surface area (TPSA) is 26.3 Å². The van der Waals surface area contributed by atoms with Gasteiger partial charge in [0, 0.05) is 20.1 Å². The second kappa shape index (κ2) is 6.42. The van der Waals surface area contributed by atoms with Crippen molar-refractivity contribution in [3.05, 3.63) is 68.1 Å². The Balaban J connectivity index is 2.07. The number of ether oxygens (including phenoxy) is 1. The van der Waals surface area contributed by atoms with Crippen LogP contribution in [0.5, 0.6) is 0 Å². The molecule has 2 nitrogen and oxygen atoms in total. The van der Waals surface area contributed by atoms with Crippen molar-refractivity contribution in [2.75, 3.05) is 0 Å². The normalized spacial score (nSPS) is 10.3. The highest BCUT2D eigenvalue weighted by Gasteiger charge is 2.11. The second-order valence-corrected chi connectivity index (χ2v) is 5.49. The number of rotatable bonds is 3. The van der Waals surface area contributed by atoms with Gasteiger partial charge in [-0.25, -0.2) is 4.79 Å². The maximum atomic E-state index is 11.9. The lowest BCUT2D eigenvalue weighted by molar-refractivity contribution is 0.0472. The molecule has 0 aliphatic carbocycles. The van der Waals surface area contributed by atoms with Crippen molar-refractivity contribution in [3.63, 3.8) is 0 Å². The largest absolute Gasteiger partial charge is 0.457 e. The summed E-state index contributed by atoms with van der Waals surface area (Å²) in [6.45, 7) is 0.107. The first kappa shape index (κ1) is 14.4. The maximum absolute atomic E-state index is 11.9. The minimum absolute atomic E-state index is 0.107. The summed E-state index contributed by atoms with van der Waals surface area (Å²) in [6, 6.07) is 12.1. The number of carbonyl (C=O) groups excluding carboxylic acids is 1. The lowest BCUT2D eigenvalue weighted by atomic mass is 10.2. The highest BCUT2D eigenvalue weighted by molar-refractivity contribution is 9.10. The molecule has 0 unspecified atom stereocenters. The average Bonchev–Trinajstić information content (AvgIpc) is 2.38. The molecule has 0 amide bonds. The van der Waals surface area contributed by atoms with E-state index in [-0.39, 0.29) is 6.61 Å². The van der Waals surface area contributed by atoms with Crippen LogP contribution in [0.4, 0.5) is 0 Å². The van der Waals surface area contributed by atoms with Crippen LogP contribution in [-0.2, 0) is 11.3 Å². The lowest BCUT2D eigenvalue weighted by Gasteiger charge is -2.08. The number of halogens is 3. The molecule has 0 saturated heterocycles. The van der Waals surface area contributed by atoms with Crippen molar-refractivity contribution in [1.29, 1.82) is 0 Å². The fourth-order valence-corrected chi connectivity index (χ4v) is 2.40. The molecule has 0 aromatic heterocycles. The summed E-state index contributed by atoms with van der Waals surface area (Å²) < 4.78 is 5.92. The van der Waals surface area contributed by atoms with Gasteiger partial charge in [0.2, 0.25) is 0 Å². The third-order valence-corrected chi connectivity index (χ3v) is 3.75. The van der Waals surface area contributed by atoms with Gasteiger partial charge >= 0.3 is 5.97 Å². The predicted octanol–water partition coefficient (Wildman–Crippen LogP) is 5.11. The van der Waals surface area contributed by atoms with E-state index < -0.39 is 5.97 Å². The SMILES string of the molecule is O=C(OCc1ccc(Cl)cc1Cl)c1ccccc1Br. The fraction of sp³-hybridized carbons (Fsp3) is 0.0714. The molecule has 5 heteroatoms. The Morgan fingerprint density at radius 1 is 1.16 bits per heavy atom. The van der Waals surface area contributed by atoms with Gasteiger partial charge in [0.25, 0.3) is 0 Å². The van der Waals surface area contributed by atoms with Gasteiger partial charge in [0.15, 0.2) is 0 Å². The van der Waals surface area contributed by atoms with Crippen LogP contribution in [0, 0.1) is 0 Å². The highest BCUT2D eigenvalue weighted by atomic mass is 79.9. The van der Waals surface area contributed by atoms with Crippen LogP contribution < -0.4 is 0 Å². The van der Waals surface area contributed by atoms with Gasteiger partial charge in [-0.3, -0.25) is 0 Å². The Labute approximate surface area is 129 Å².